The molecule has 0 atom stereocenters. The molecule has 0 bridgehead atoms. The summed E-state index contributed by atoms with van der Waals surface area (Å²) in [4.78, 5) is 12.7. The molecule has 0 aliphatic rings. The highest BCUT2D eigenvalue weighted by molar-refractivity contribution is 6.32. The average Bonchev–Trinajstić information content (AvgIpc) is 2.74. The summed E-state index contributed by atoms with van der Waals surface area (Å²) in [7, 11) is 3.13. The predicted molar refractivity (Wildman–Crippen MR) is 119 cm³/mol. The van der Waals surface area contributed by atoms with E-state index in [1.54, 1.807) is 50.6 Å². The Kier molecular flexibility index (Phi) is 6.85. The maximum Gasteiger partial charge on any atom is 0.255 e. The Hall–Kier alpha value is -3.18. The Bertz CT molecular complexity index is 1070. The normalized spacial score (nSPS) is 10.4. The first-order chi connectivity index (χ1) is 14.4. The van der Waals surface area contributed by atoms with Gasteiger partial charge < -0.3 is 19.5 Å². The number of hydrogen-bond donors (Lipinski definition) is 1. The van der Waals surface area contributed by atoms with Crippen molar-refractivity contribution in [3.05, 3.63) is 81.9 Å². The molecule has 0 heterocycles. The zero-order valence-corrected chi connectivity index (χ0v) is 18.2. The van der Waals surface area contributed by atoms with Gasteiger partial charge in [-0.2, -0.15) is 0 Å². The van der Waals surface area contributed by atoms with Gasteiger partial charge in [-0.3, -0.25) is 4.79 Å². The summed E-state index contributed by atoms with van der Waals surface area (Å²) in [6.07, 6.45) is 0. The number of ether oxygens (including phenoxy) is 3. The van der Waals surface area contributed by atoms with E-state index in [9.17, 15) is 4.79 Å². The second-order valence-corrected chi connectivity index (χ2v) is 7.27. The van der Waals surface area contributed by atoms with Crippen molar-refractivity contribution in [1.29, 1.82) is 0 Å². The van der Waals surface area contributed by atoms with E-state index in [1.165, 1.54) is 5.56 Å². The topological polar surface area (TPSA) is 56.8 Å². The standard InChI is InChI=1S/C24H24ClNO4/c1-15-5-8-20(11-16(15)2)30-14-18-12-17(6-9-22(18)28-3)24(27)26-19-7-10-23(29-4)21(25)13-19/h5-13H,14H2,1-4H3,(H,26,27). The molecule has 1 amide bonds. The fourth-order valence-electron chi connectivity index (χ4n) is 2.94. The van der Waals surface area contributed by atoms with E-state index in [2.05, 4.69) is 12.2 Å². The van der Waals surface area contributed by atoms with Gasteiger partial charge in [0.05, 0.1) is 19.2 Å². The van der Waals surface area contributed by atoms with Crippen LogP contribution in [0.3, 0.4) is 0 Å². The zero-order chi connectivity index (χ0) is 21.7. The Morgan fingerprint density at radius 2 is 1.63 bits per heavy atom. The van der Waals surface area contributed by atoms with Crippen LogP contribution >= 0.6 is 11.6 Å². The third-order valence-corrected chi connectivity index (χ3v) is 5.12. The lowest BCUT2D eigenvalue weighted by Gasteiger charge is -2.13. The van der Waals surface area contributed by atoms with Crippen molar-refractivity contribution >= 4 is 23.2 Å². The Balaban J connectivity index is 1.76. The molecular formula is C24H24ClNO4. The van der Waals surface area contributed by atoms with E-state index in [1.807, 2.05) is 25.1 Å². The largest absolute Gasteiger partial charge is 0.496 e. The van der Waals surface area contributed by atoms with Crippen molar-refractivity contribution in [3.63, 3.8) is 0 Å². The van der Waals surface area contributed by atoms with Crippen molar-refractivity contribution in [2.75, 3.05) is 19.5 Å². The number of carbonyl (C=O) groups is 1. The number of nitrogens with one attached hydrogen (secondary N) is 1. The van der Waals surface area contributed by atoms with Crippen LogP contribution in [0.2, 0.25) is 5.02 Å². The summed E-state index contributed by atoms with van der Waals surface area (Å²) in [6.45, 7) is 4.38. The maximum atomic E-state index is 12.7. The third kappa shape index (κ3) is 5.05. The lowest BCUT2D eigenvalue weighted by Crippen LogP contribution is -2.13. The second-order valence-electron chi connectivity index (χ2n) is 6.86. The first-order valence-corrected chi connectivity index (χ1v) is 9.81. The molecule has 3 aromatic carbocycles. The summed E-state index contributed by atoms with van der Waals surface area (Å²) >= 11 is 6.13. The Labute approximate surface area is 181 Å². The smallest absolute Gasteiger partial charge is 0.255 e. The first kappa shape index (κ1) is 21.5. The minimum Gasteiger partial charge on any atom is -0.496 e. The Morgan fingerprint density at radius 3 is 2.30 bits per heavy atom. The van der Waals surface area contributed by atoms with Crippen LogP contribution in [0.4, 0.5) is 5.69 Å². The number of methoxy groups -OCH3 is 2. The Morgan fingerprint density at radius 1 is 0.900 bits per heavy atom. The van der Waals surface area contributed by atoms with Crippen LogP contribution in [0, 0.1) is 13.8 Å². The molecular weight excluding hydrogens is 402 g/mol. The van der Waals surface area contributed by atoms with Crippen molar-refractivity contribution in [3.8, 4) is 17.2 Å². The van der Waals surface area contributed by atoms with Gasteiger partial charge in [0.15, 0.2) is 0 Å². The summed E-state index contributed by atoms with van der Waals surface area (Å²) in [5.74, 6) is 1.71. The first-order valence-electron chi connectivity index (χ1n) is 9.43. The van der Waals surface area contributed by atoms with Gasteiger partial charge in [0.2, 0.25) is 0 Å². The summed E-state index contributed by atoms with van der Waals surface area (Å²) in [5.41, 5.74) is 4.20. The van der Waals surface area contributed by atoms with Crippen LogP contribution in [0.15, 0.2) is 54.6 Å². The number of halogens is 1. The van der Waals surface area contributed by atoms with E-state index in [0.29, 0.717) is 27.8 Å². The van der Waals surface area contributed by atoms with Gasteiger partial charge in [-0.05, 0) is 73.5 Å². The molecule has 1 N–H and O–H groups in total. The monoisotopic (exact) mass is 425 g/mol. The fourth-order valence-corrected chi connectivity index (χ4v) is 3.20. The van der Waals surface area contributed by atoms with E-state index in [0.717, 1.165) is 16.9 Å². The SMILES string of the molecule is COc1ccc(NC(=O)c2ccc(OC)c(COc3ccc(C)c(C)c3)c2)cc1Cl. The number of carbonyl (C=O) groups excluding carboxylic acids is 1. The molecule has 0 saturated carbocycles. The number of rotatable bonds is 7. The molecule has 5 nitrogen and oxygen atoms in total. The highest BCUT2D eigenvalue weighted by Crippen LogP contribution is 2.28. The van der Waals surface area contributed by atoms with E-state index >= 15 is 0 Å². The molecule has 0 radical (unpaired) electrons. The lowest BCUT2D eigenvalue weighted by molar-refractivity contribution is 0.102. The lowest BCUT2D eigenvalue weighted by atomic mass is 10.1. The van der Waals surface area contributed by atoms with Gasteiger partial charge in [0.1, 0.15) is 23.9 Å². The average molecular weight is 426 g/mol. The van der Waals surface area contributed by atoms with Gasteiger partial charge in [-0.15, -0.1) is 0 Å². The molecule has 0 aliphatic carbocycles. The van der Waals surface area contributed by atoms with Gasteiger partial charge in [0.25, 0.3) is 5.91 Å². The van der Waals surface area contributed by atoms with E-state index in [-0.39, 0.29) is 12.5 Å². The molecule has 30 heavy (non-hydrogen) atoms. The van der Waals surface area contributed by atoms with Gasteiger partial charge in [-0.25, -0.2) is 0 Å². The van der Waals surface area contributed by atoms with Crippen LogP contribution in [-0.4, -0.2) is 20.1 Å². The summed E-state index contributed by atoms with van der Waals surface area (Å²) < 4.78 is 16.5. The van der Waals surface area contributed by atoms with Crippen LogP contribution in [0.5, 0.6) is 17.2 Å². The molecule has 3 aromatic rings. The molecule has 0 saturated heterocycles. The number of hydrogen-bond acceptors (Lipinski definition) is 4. The molecule has 3 rings (SSSR count). The number of amides is 1. The van der Waals surface area contributed by atoms with Crippen molar-refractivity contribution in [1.82, 2.24) is 0 Å². The van der Waals surface area contributed by atoms with Crippen molar-refractivity contribution < 1.29 is 19.0 Å². The predicted octanol–water partition coefficient (Wildman–Crippen LogP) is 5.81. The third-order valence-electron chi connectivity index (χ3n) is 4.82. The van der Waals surface area contributed by atoms with Crippen LogP contribution < -0.4 is 19.5 Å². The highest BCUT2D eigenvalue weighted by atomic mass is 35.5. The second kappa shape index (κ2) is 9.55. The van der Waals surface area contributed by atoms with Crippen LogP contribution in [0.25, 0.3) is 0 Å². The quantitative estimate of drug-likeness (QED) is 0.519. The number of benzene rings is 3. The molecule has 0 aromatic heterocycles. The summed E-state index contributed by atoms with van der Waals surface area (Å²) in [5, 5.41) is 3.27. The fraction of sp³-hybridized carbons (Fsp3) is 0.208. The molecule has 6 heteroatoms. The van der Waals surface area contributed by atoms with Crippen molar-refractivity contribution in [2.45, 2.75) is 20.5 Å². The van der Waals surface area contributed by atoms with Gasteiger partial charge >= 0.3 is 0 Å². The zero-order valence-electron chi connectivity index (χ0n) is 17.4. The van der Waals surface area contributed by atoms with Gasteiger partial charge in [-0.1, -0.05) is 17.7 Å². The molecule has 0 unspecified atom stereocenters. The number of aryl methyl sites for hydroxylation is 2. The molecule has 0 aliphatic heterocycles. The van der Waals surface area contributed by atoms with E-state index < -0.39 is 0 Å². The van der Waals surface area contributed by atoms with Crippen molar-refractivity contribution in [2.24, 2.45) is 0 Å². The van der Waals surface area contributed by atoms with Gasteiger partial charge in [0, 0.05) is 16.8 Å². The molecule has 0 spiro atoms. The van der Waals surface area contributed by atoms with Crippen LogP contribution in [-0.2, 0) is 6.61 Å². The molecule has 0 fully saturated rings. The minimum atomic E-state index is -0.258. The number of anilines is 1. The summed E-state index contributed by atoms with van der Waals surface area (Å²) in [6, 6.07) is 16.3. The minimum absolute atomic E-state index is 0.258. The maximum absolute atomic E-state index is 12.7. The van der Waals surface area contributed by atoms with E-state index in [4.69, 9.17) is 25.8 Å². The van der Waals surface area contributed by atoms with Crippen LogP contribution in [0.1, 0.15) is 27.0 Å². The molecule has 156 valence electrons. The highest BCUT2D eigenvalue weighted by Gasteiger charge is 2.12.